The van der Waals surface area contributed by atoms with Crippen LogP contribution in [-0.2, 0) is 17.8 Å². The van der Waals surface area contributed by atoms with E-state index in [1.54, 1.807) is 35.6 Å². The van der Waals surface area contributed by atoms with Crippen LogP contribution in [-0.4, -0.2) is 27.0 Å². The molecule has 0 atom stereocenters. The zero-order valence-corrected chi connectivity index (χ0v) is 17.0. The molecule has 0 aliphatic heterocycles. The van der Waals surface area contributed by atoms with E-state index in [2.05, 4.69) is 9.97 Å². The summed E-state index contributed by atoms with van der Waals surface area (Å²) in [7, 11) is 0. The predicted octanol–water partition coefficient (Wildman–Crippen LogP) is 4.95. The number of amides is 1. The summed E-state index contributed by atoms with van der Waals surface area (Å²) in [5.74, 6) is -0.467. The molecule has 0 N–H and O–H groups in total. The molecule has 2 aromatic carbocycles. The maximum Gasteiger partial charge on any atom is 0.233 e. The van der Waals surface area contributed by atoms with Gasteiger partial charge in [-0.2, -0.15) is 0 Å². The lowest BCUT2D eigenvalue weighted by Gasteiger charge is -2.20. The van der Waals surface area contributed by atoms with Crippen molar-refractivity contribution in [3.63, 3.8) is 0 Å². The zero-order valence-electron chi connectivity index (χ0n) is 15.5. The first-order valence-corrected chi connectivity index (χ1v) is 10.4. The van der Waals surface area contributed by atoms with Crippen molar-refractivity contribution < 1.29 is 9.18 Å². The van der Waals surface area contributed by atoms with Crippen molar-refractivity contribution in [3.8, 4) is 0 Å². The summed E-state index contributed by atoms with van der Waals surface area (Å²) in [6.07, 6.45) is 6.29. The third kappa shape index (κ3) is 4.63. The van der Waals surface area contributed by atoms with Crippen LogP contribution >= 0.6 is 22.9 Å². The van der Waals surface area contributed by atoms with Gasteiger partial charge < -0.3 is 4.57 Å². The van der Waals surface area contributed by atoms with Gasteiger partial charge in [-0.3, -0.25) is 9.69 Å². The molecule has 0 saturated carbocycles. The van der Waals surface area contributed by atoms with Crippen LogP contribution in [0, 0.1) is 5.82 Å². The largest absolute Gasteiger partial charge is 0.337 e. The number of rotatable bonds is 7. The molecule has 2 aromatic heterocycles. The fourth-order valence-electron chi connectivity index (χ4n) is 3.05. The minimum Gasteiger partial charge on any atom is -0.337 e. The van der Waals surface area contributed by atoms with Crippen LogP contribution in [0.4, 0.5) is 9.52 Å². The molecule has 0 aliphatic rings. The molecular formula is C21H18ClFN4OS. The van der Waals surface area contributed by atoms with Crippen molar-refractivity contribution >= 4 is 44.2 Å². The molecular weight excluding hydrogens is 411 g/mol. The molecule has 4 rings (SSSR count). The lowest BCUT2D eigenvalue weighted by Crippen LogP contribution is -2.33. The molecule has 0 unspecified atom stereocenters. The van der Waals surface area contributed by atoms with Crippen LogP contribution in [0.1, 0.15) is 12.0 Å². The van der Waals surface area contributed by atoms with Gasteiger partial charge >= 0.3 is 0 Å². The number of aryl methyl sites for hydroxylation is 1. The highest BCUT2D eigenvalue weighted by Gasteiger charge is 2.21. The van der Waals surface area contributed by atoms with Crippen LogP contribution in [0.5, 0.6) is 0 Å². The average molecular weight is 429 g/mol. The number of nitrogens with zero attached hydrogens (tertiary/aromatic N) is 4. The van der Waals surface area contributed by atoms with Gasteiger partial charge in [0.05, 0.1) is 17.4 Å². The van der Waals surface area contributed by atoms with Gasteiger partial charge in [0.25, 0.3) is 0 Å². The highest BCUT2D eigenvalue weighted by Crippen LogP contribution is 2.31. The molecule has 4 aromatic rings. The van der Waals surface area contributed by atoms with Crippen molar-refractivity contribution in [2.75, 3.05) is 11.4 Å². The third-order valence-electron chi connectivity index (χ3n) is 4.52. The highest BCUT2D eigenvalue weighted by molar-refractivity contribution is 7.22. The second-order valence-corrected chi connectivity index (χ2v) is 8.03. The van der Waals surface area contributed by atoms with Gasteiger partial charge in [0.2, 0.25) is 5.91 Å². The first-order chi connectivity index (χ1) is 14.1. The van der Waals surface area contributed by atoms with E-state index in [0.29, 0.717) is 22.2 Å². The Labute approximate surface area is 176 Å². The van der Waals surface area contributed by atoms with Gasteiger partial charge in [0, 0.05) is 30.5 Å². The molecule has 148 valence electrons. The van der Waals surface area contributed by atoms with E-state index in [-0.39, 0.29) is 18.1 Å². The fourth-order valence-corrected chi connectivity index (χ4v) is 4.20. The van der Waals surface area contributed by atoms with E-state index in [4.69, 9.17) is 11.6 Å². The number of thiazole rings is 1. The lowest BCUT2D eigenvalue weighted by molar-refractivity contribution is -0.118. The highest BCUT2D eigenvalue weighted by atomic mass is 35.5. The first kappa shape index (κ1) is 19.5. The summed E-state index contributed by atoms with van der Waals surface area (Å²) < 4.78 is 16.8. The number of anilines is 1. The third-order valence-corrected chi connectivity index (χ3v) is 5.81. The first-order valence-electron chi connectivity index (χ1n) is 9.16. The Morgan fingerprint density at radius 2 is 2.03 bits per heavy atom. The molecule has 0 radical (unpaired) electrons. The lowest BCUT2D eigenvalue weighted by atomic mass is 10.1. The van der Waals surface area contributed by atoms with Crippen LogP contribution in [0.3, 0.4) is 0 Å². The standard InChI is InChI=1S/C21H18ClFN4OS/c22-16-7-5-15(6-8-16)13-19(28)27(11-2-10-26-12-9-24-14-26)21-25-20-17(23)3-1-4-18(20)29-21/h1,3-9,12,14H,2,10-11,13H2. The van der Waals surface area contributed by atoms with Gasteiger partial charge in [0.1, 0.15) is 11.3 Å². The molecule has 5 nitrogen and oxygen atoms in total. The molecule has 2 heterocycles. The van der Waals surface area contributed by atoms with Crippen molar-refractivity contribution in [2.45, 2.75) is 19.4 Å². The Hall–Kier alpha value is -2.77. The Balaban J connectivity index is 1.57. The molecule has 0 saturated heterocycles. The van der Waals surface area contributed by atoms with Gasteiger partial charge in [-0.15, -0.1) is 0 Å². The Bertz CT molecular complexity index is 1110. The Morgan fingerprint density at radius 1 is 1.21 bits per heavy atom. The number of carbonyl (C=O) groups excluding carboxylic acids is 1. The minimum absolute atomic E-state index is 0.0857. The fraction of sp³-hybridized carbons (Fsp3) is 0.190. The molecule has 0 aliphatic carbocycles. The normalized spacial score (nSPS) is 11.1. The number of fused-ring (bicyclic) bond motifs is 1. The maximum absolute atomic E-state index is 14.1. The van der Waals surface area contributed by atoms with Crippen molar-refractivity contribution in [1.82, 2.24) is 14.5 Å². The zero-order chi connectivity index (χ0) is 20.2. The van der Waals surface area contributed by atoms with Gasteiger partial charge in [-0.05, 0) is 36.2 Å². The summed E-state index contributed by atoms with van der Waals surface area (Å²) in [5, 5.41) is 1.13. The number of hydrogen-bond acceptors (Lipinski definition) is 4. The number of imidazole rings is 1. The summed E-state index contributed by atoms with van der Waals surface area (Å²) in [6.45, 7) is 1.20. The number of halogens is 2. The average Bonchev–Trinajstić information content (AvgIpc) is 3.37. The van der Waals surface area contributed by atoms with Gasteiger partial charge in [-0.1, -0.05) is 41.1 Å². The van der Waals surface area contributed by atoms with E-state index in [1.807, 2.05) is 29.0 Å². The van der Waals surface area contributed by atoms with Crippen LogP contribution in [0.2, 0.25) is 5.02 Å². The van der Waals surface area contributed by atoms with Crippen molar-refractivity contribution in [2.24, 2.45) is 0 Å². The Kier molecular flexibility index (Phi) is 5.87. The molecule has 1 amide bonds. The van der Waals surface area contributed by atoms with E-state index < -0.39 is 0 Å². The van der Waals surface area contributed by atoms with Crippen molar-refractivity contribution in [1.29, 1.82) is 0 Å². The quantitative estimate of drug-likeness (QED) is 0.418. The second-order valence-electron chi connectivity index (χ2n) is 6.59. The monoisotopic (exact) mass is 428 g/mol. The van der Waals surface area contributed by atoms with E-state index in [0.717, 1.165) is 23.2 Å². The van der Waals surface area contributed by atoms with Crippen LogP contribution in [0.25, 0.3) is 10.2 Å². The molecule has 0 bridgehead atoms. The molecule has 8 heteroatoms. The molecule has 29 heavy (non-hydrogen) atoms. The van der Waals surface area contributed by atoms with Gasteiger partial charge in [-0.25, -0.2) is 14.4 Å². The van der Waals surface area contributed by atoms with E-state index in [9.17, 15) is 9.18 Å². The number of aromatic nitrogens is 3. The number of carbonyl (C=O) groups is 1. The second kappa shape index (κ2) is 8.71. The Morgan fingerprint density at radius 3 is 2.76 bits per heavy atom. The molecule has 0 spiro atoms. The summed E-state index contributed by atoms with van der Waals surface area (Å²) in [4.78, 5) is 23.2. The minimum atomic E-state index is -0.381. The molecule has 0 fully saturated rings. The number of para-hydroxylation sites is 1. The van der Waals surface area contributed by atoms with E-state index >= 15 is 0 Å². The van der Waals surface area contributed by atoms with Crippen LogP contribution in [0.15, 0.2) is 61.2 Å². The topological polar surface area (TPSA) is 51.0 Å². The van der Waals surface area contributed by atoms with E-state index in [1.165, 1.54) is 17.4 Å². The summed E-state index contributed by atoms with van der Waals surface area (Å²) in [5.41, 5.74) is 1.16. The number of hydrogen-bond donors (Lipinski definition) is 0. The van der Waals surface area contributed by atoms with Gasteiger partial charge in [0.15, 0.2) is 5.13 Å². The number of benzene rings is 2. The summed E-state index contributed by atoms with van der Waals surface area (Å²) >= 11 is 7.26. The summed E-state index contributed by atoms with van der Waals surface area (Å²) in [6, 6.07) is 12.0. The smallest absolute Gasteiger partial charge is 0.233 e. The van der Waals surface area contributed by atoms with Crippen molar-refractivity contribution in [3.05, 3.63) is 77.6 Å². The van der Waals surface area contributed by atoms with Crippen LogP contribution < -0.4 is 4.90 Å². The predicted molar refractivity (Wildman–Crippen MR) is 114 cm³/mol. The SMILES string of the molecule is O=C(Cc1ccc(Cl)cc1)N(CCCn1ccnc1)c1nc2c(F)cccc2s1. The maximum atomic E-state index is 14.1.